The van der Waals surface area contributed by atoms with Crippen LogP contribution < -0.4 is 5.32 Å². The van der Waals surface area contributed by atoms with Crippen molar-refractivity contribution in [3.05, 3.63) is 66.6 Å². The molecule has 2 aromatic carbocycles. The molecule has 4 rings (SSSR count). The second-order valence-corrected chi connectivity index (χ2v) is 8.49. The topological polar surface area (TPSA) is 67.2 Å². The molecule has 1 saturated carbocycles. The molecule has 5 nitrogen and oxygen atoms in total. The van der Waals surface area contributed by atoms with E-state index in [-0.39, 0.29) is 17.8 Å². The molecule has 1 fully saturated rings. The molecular formula is C24H26FN3O2. The third-order valence-corrected chi connectivity index (χ3v) is 6.11. The van der Waals surface area contributed by atoms with E-state index in [1.54, 1.807) is 23.0 Å². The van der Waals surface area contributed by atoms with Crippen molar-refractivity contribution in [3.8, 4) is 5.69 Å². The summed E-state index contributed by atoms with van der Waals surface area (Å²) in [5.74, 6) is -0.431. The minimum atomic E-state index is -0.830. The molecular weight excluding hydrogens is 381 g/mol. The molecule has 156 valence electrons. The Kier molecular flexibility index (Phi) is 5.20. The first-order valence-corrected chi connectivity index (χ1v) is 10.2. The van der Waals surface area contributed by atoms with Crippen LogP contribution in [0.5, 0.6) is 0 Å². The van der Waals surface area contributed by atoms with Crippen LogP contribution in [0.1, 0.15) is 38.7 Å². The largest absolute Gasteiger partial charge is 0.391 e. The van der Waals surface area contributed by atoms with Crippen molar-refractivity contribution < 1.29 is 14.3 Å². The average molecular weight is 407 g/mol. The summed E-state index contributed by atoms with van der Waals surface area (Å²) >= 11 is 0. The minimum Gasteiger partial charge on any atom is -0.391 e. The lowest BCUT2D eigenvalue weighted by molar-refractivity contribution is -0.128. The maximum absolute atomic E-state index is 13.2. The van der Waals surface area contributed by atoms with Gasteiger partial charge in [-0.05, 0) is 80.6 Å². The molecule has 2 N–H and O–H groups in total. The fraction of sp³-hybridized carbons (Fsp3) is 0.333. The molecule has 6 heteroatoms. The second kappa shape index (κ2) is 7.69. The first-order chi connectivity index (χ1) is 14.3. The highest BCUT2D eigenvalue weighted by atomic mass is 19.1. The zero-order valence-electron chi connectivity index (χ0n) is 17.2. The van der Waals surface area contributed by atoms with Gasteiger partial charge in [0.15, 0.2) is 0 Å². The molecule has 0 radical (unpaired) electrons. The Labute approximate surface area is 175 Å². The highest BCUT2D eigenvalue weighted by Crippen LogP contribution is 2.35. The van der Waals surface area contributed by atoms with Gasteiger partial charge >= 0.3 is 0 Å². The quantitative estimate of drug-likeness (QED) is 0.665. The Morgan fingerprint density at radius 3 is 2.63 bits per heavy atom. The number of hydrogen-bond acceptors (Lipinski definition) is 3. The number of aromatic nitrogens is 2. The number of carbonyl (C=O) groups excluding carboxylic acids is 1. The van der Waals surface area contributed by atoms with Crippen LogP contribution in [0, 0.1) is 11.2 Å². The summed E-state index contributed by atoms with van der Waals surface area (Å²) in [6, 6.07) is 11.8. The van der Waals surface area contributed by atoms with Crippen molar-refractivity contribution in [2.24, 2.45) is 5.41 Å². The molecule has 1 amide bonds. The van der Waals surface area contributed by atoms with E-state index in [1.807, 2.05) is 32.0 Å². The highest BCUT2D eigenvalue weighted by molar-refractivity contribution is 5.96. The number of amides is 1. The number of nitrogens with zero attached hydrogens (tertiary/aromatic N) is 2. The van der Waals surface area contributed by atoms with Crippen molar-refractivity contribution >= 4 is 22.4 Å². The van der Waals surface area contributed by atoms with E-state index in [0.29, 0.717) is 5.57 Å². The van der Waals surface area contributed by atoms with Gasteiger partial charge in [-0.15, -0.1) is 0 Å². The number of fused-ring (bicyclic) bond motifs is 1. The molecule has 30 heavy (non-hydrogen) atoms. The number of carbonyl (C=O) groups is 1. The van der Waals surface area contributed by atoms with Crippen molar-refractivity contribution in [1.29, 1.82) is 0 Å². The second-order valence-electron chi connectivity index (χ2n) is 8.49. The molecule has 1 heterocycles. The highest BCUT2D eigenvalue weighted by Gasteiger charge is 2.35. The number of benzene rings is 2. The maximum Gasteiger partial charge on any atom is 0.230 e. The van der Waals surface area contributed by atoms with Gasteiger partial charge in [0.25, 0.3) is 0 Å². The zero-order valence-corrected chi connectivity index (χ0v) is 17.2. The Balaban J connectivity index is 1.58. The third kappa shape index (κ3) is 3.63. The van der Waals surface area contributed by atoms with Crippen LogP contribution in [-0.2, 0) is 4.79 Å². The van der Waals surface area contributed by atoms with Gasteiger partial charge in [0.05, 0.1) is 35.0 Å². The van der Waals surface area contributed by atoms with Gasteiger partial charge < -0.3 is 10.4 Å². The van der Waals surface area contributed by atoms with Crippen molar-refractivity contribution in [3.63, 3.8) is 0 Å². The number of hydrogen-bond donors (Lipinski definition) is 2. The number of halogens is 1. The first-order valence-electron chi connectivity index (χ1n) is 10.2. The lowest BCUT2D eigenvalue weighted by Gasteiger charge is -2.29. The molecule has 1 aliphatic carbocycles. The van der Waals surface area contributed by atoms with Gasteiger partial charge in [-0.2, -0.15) is 5.10 Å². The normalized spacial score (nSPS) is 19.2. The van der Waals surface area contributed by atoms with E-state index in [2.05, 4.69) is 17.0 Å². The van der Waals surface area contributed by atoms with Gasteiger partial charge in [0.2, 0.25) is 5.91 Å². The molecule has 0 aliphatic heterocycles. The predicted octanol–water partition coefficient (Wildman–Crippen LogP) is 4.23. The Bertz CT molecular complexity index is 1100. The van der Waals surface area contributed by atoms with Crippen molar-refractivity contribution in [2.75, 3.05) is 0 Å². The van der Waals surface area contributed by atoms with Crippen LogP contribution in [0.3, 0.4) is 0 Å². The lowest BCUT2D eigenvalue weighted by Crippen LogP contribution is -2.46. The van der Waals surface area contributed by atoms with E-state index in [0.717, 1.165) is 41.4 Å². The number of nitrogens with one attached hydrogen (secondary N) is 1. The molecule has 0 bridgehead atoms. The fourth-order valence-electron chi connectivity index (χ4n) is 3.96. The van der Waals surface area contributed by atoms with Gasteiger partial charge in [-0.3, -0.25) is 4.79 Å². The first kappa shape index (κ1) is 20.3. The summed E-state index contributed by atoms with van der Waals surface area (Å²) in [5.41, 5.74) is 2.38. The van der Waals surface area contributed by atoms with Crippen LogP contribution in [-0.4, -0.2) is 32.9 Å². The molecule has 0 saturated heterocycles. The maximum atomic E-state index is 13.2. The van der Waals surface area contributed by atoms with E-state index >= 15 is 0 Å². The summed E-state index contributed by atoms with van der Waals surface area (Å²) in [4.78, 5) is 12.9. The SMILES string of the molecule is C=C(c1ccc2c(cnn2-c2ccc(F)cc2)c1)C(C)(C)C(=O)NC1CCCC1O. The van der Waals surface area contributed by atoms with Crippen molar-refractivity contribution in [2.45, 2.75) is 45.3 Å². The Morgan fingerprint density at radius 1 is 1.23 bits per heavy atom. The van der Waals surface area contributed by atoms with Crippen LogP contribution >= 0.6 is 0 Å². The summed E-state index contributed by atoms with van der Waals surface area (Å²) < 4.78 is 15.0. The Morgan fingerprint density at radius 2 is 1.97 bits per heavy atom. The van der Waals surface area contributed by atoms with Crippen LogP contribution in [0.25, 0.3) is 22.2 Å². The summed E-state index contributed by atoms with van der Waals surface area (Å²) in [5, 5.41) is 18.3. The zero-order chi connectivity index (χ0) is 21.5. The van der Waals surface area contributed by atoms with E-state index < -0.39 is 11.5 Å². The third-order valence-electron chi connectivity index (χ3n) is 6.11. The Hall–Kier alpha value is -2.99. The average Bonchev–Trinajstić information content (AvgIpc) is 3.33. The molecule has 3 aromatic rings. The molecule has 2 atom stereocenters. The van der Waals surface area contributed by atoms with Gasteiger partial charge in [-0.1, -0.05) is 12.6 Å². The molecule has 2 unspecified atom stereocenters. The monoisotopic (exact) mass is 407 g/mol. The predicted molar refractivity (Wildman–Crippen MR) is 116 cm³/mol. The number of rotatable bonds is 5. The van der Waals surface area contributed by atoms with E-state index in [1.165, 1.54) is 12.1 Å². The summed E-state index contributed by atoms with van der Waals surface area (Å²) in [6.45, 7) is 7.89. The number of aliphatic hydroxyl groups excluding tert-OH is 1. The fourth-order valence-corrected chi connectivity index (χ4v) is 3.96. The van der Waals surface area contributed by atoms with E-state index in [4.69, 9.17) is 0 Å². The van der Waals surface area contributed by atoms with Gasteiger partial charge in [0, 0.05) is 5.39 Å². The van der Waals surface area contributed by atoms with E-state index in [9.17, 15) is 14.3 Å². The molecule has 1 aliphatic rings. The summed E-state index contributed by atoms with van der Waals surface area (Å²) in [7, 11) is 0. The standard InChI is InChI=1S/C24H26FN3O2/c1-15(24(2,3)23(30)27-20-5-4-6-22(20)29)16-7-12-21-17(13-16)14-26-28(21)19-10-8-18(25)9-11-19/h7-14,20,22,29H,1,4-6H2,2-3H3,(H,27,30). The molecule has 0 spiro atoms. The number of aliphatic hydroxyl groups is 1. The van der Waals surface area contributed by atoms with Crippen LogP contribution in [0.4, 0.5) is 4.39 Å². The van der Waals surface area contributed by atoms with Gasteiger partial charge in [-0.25, -0.2) is 9.07 Å². The van der Waals surface area contributed by atoms with Crippen LogP contribution in [0.15, 0.2) is 55.2 Å². The van der Waals surface area contributed by atoms with Crippen molar-refractivity contribution in [1.82, 2.24) is 15.1 Å². The van der Waals surface area contributed by atoms with Crippen LogP contribution in [0.2, 0.25) is 0 Å². The minimum absolute atomic E-state index is 0.138. The summed E-state index contributed by atoms with van der Waals surface area (Å²) in [6.07, 6.45) is 3.71. The smallest absolute Gasteiger partial charge is 0.230 e. The van der Waals surface area contributed by atoms with Gasteiger partial charge in [0.1, 0.15) is 5.82 Å². The lowest BCUT2D eigenvalue weighted by atomic mass is 9.80. The molecule has 1 aromatic heterocycles.